The third kappa shape index (κ3) is 3.43. The first-order chi connectivity index (χ1) is 8.45. The van der Waals surface area contributed by atoms with Crippen LogP contribution < -0.4 is 5.32 Å². The topological polar surface area (TPSA) is 15.3 Å². The predicted molar refractivity (Wildman–Crippen MR) is 82.4 cm³/mol. The monoisotopic (exact) mass is 270 g/mol. The van der Waals surface area contributed by atoms with Crippen molar-refractivity contribution in [3.63, 3.8) is 0 Å². The minimum absolute atomic E-state index is 0.376. The quantitative estimate of drug-likeness (QED) is 0.849. The lowest BCUT2D eigenvalue weighted by atomic mass is 9.85. The molecule has 0 radical (unpaired) electrons. The second-order valence-corrected chi connectivity index (χ2v) is 8.48. The van der Waals surface area contributed by atoms with Crippen molar-refractivity contribution in [1.82, 2.24) is 10.2 Å². The van der Waals surface area contributed by atoms with Crippen molar-refractivity contribution in [3.05, 3.63) is 0 Å². The molecule has 1 saturated heterocycles. The summed E-state index contributed by atoms with van der Waals surface area (Å²) in [6.07, 6.45) is 8.05. The van der Waals surface area contributed by atoms with Crippen molar-refractivity contribution in [2.75, 3.05) is 32.4 Å². The molecule has 0 aromatic heterocycles. The van der Waals surface area contributed by atoms with E-state index in [1.807, 2.05) is 0 Å². The van der Waals surface area contributed by atoms with Crippen molar-refractivity contribution in [3.8, 4) is 0 Å². The van der Waals surface area contributed by atoms with Crippen molar-refractivity contribution >= 4 is 11.8 Å². The van der Waals surface area contributed by atoms with E-state index in [-0.39, 0.29) is 0 Å². The van der Waals surface area contributed by atoms with E-state index in [0.717, 1.165) is 6.54 Å². The molecular weight excluding hydrogens is 240 g/mol. The molecule has 1 N–H and O–H groups in total. The highest BCUT2D eigenvalue weighted by Gasteiger charge is 2.37. The predicted octanol–water partition coefficient (Wildman–Crippen LogP) is 2.98. The van der Waals surface area contributed by atoms with Gasteiger partial charge in [0.05, 0.1) is 0 Å². The average molecular weight is 270 g/mol. The zero-order chi connectivity index (χ0) is 13.2. The minimum Gasteiger partial charge on any atom is -0.311 e. The van der Waals surface area contributed by atoms with Gasteiger partial charge in [-0.15, -0.1) is 0 Å². The van der Waals surface area contributed by atoms with Gasteiger partial charge in [0, 0.05) is 37.0 Å². The van der Waals surface area contributed by atoms with Crippen LogP contribution in [0.15, 0.2) is 0 Å². The normalized spacial score (nSPS) is 29.7. The van der Waals surface area contributed by atoms with Crippen molar-refractivity contribution in [2.24, 2.45) is 5.41 Å². The molecule has 3 heteroatoms. The van der Waals surface area contributed by atoms with Crippen LogP contribution in [-0.2, 0) is 0 Å². The Hall–Kier alpha value is 0.270. The smallest absolute Gasteiger partial charge is 0.0284 e. The lowest BCUT2D eigenvalue weighted by Gasteiger charge is -2.43. The molecule has 106 valence electrons. The van der Waals surface area contributed by atoms with Gasteiger partial charge in [-0.05, 0) is 24.5 Å². The van der Waals surface area contributed by atoms with E-state index in [1.54, 1.807) is 0 Å². The van der Waals surface area contributed by atoms with Crippen LogP contribution in [0.4, 0.5) is 0 Å². The molecule has 1 aliphatic carbocycles. The summed E-state index contributed by atoms with van der Waals surface area (Å²) in [7, 11) is 0. The van der Waals surface area contributed by atoms with Crippen molar-refractivity contribution in [2.45, 2.75) is 57.2 Å². The maximum absolute atomic E-state index is 3.70. The molecule has 0 amide bonds. The van der Waals surface area contributed by atoms with Crippen LogP contribution in [0.3, 0.4) is 0 Å². The summed E-state index contributed by atoms with van der Waals surface area (Å²) in [6.45, 7) is 12.0. The molecule has 1 unspecified atom stereocenters. The molecule has 1 saturated carbocycles. The van der Waals surface area contributed by atoms with Crippen LogP contribution >= 0.6 is 11.8 Å². The van der Waals surface area contributed by atoms with Crippen molar-refractivity contribution < 1.29 is 0 Å². The zero-order valence-electron chi connectivity index (χ0n) is 12.6. The highest BCUT2D eigenvalue weighted by Crippen LogP contribution is 2.41. The van der Waals surface area contributed by atoms with Crippen LogP contribution in [0.1, 0.15) is 46.5 Å². The lowest BCUT2D eigenvalue weighted by molar-refractivity contribution is 0.125. The van der Waals surface area contributed by atoms with E-state index in [4.69, 9.17) is 0 Å². The van der Waals surface area contributed by atoms with Gasteiger partial charge in [0.15, 0.2) is 0 Å². The molecule has 2 nitrogen and oxygen atoms in total. The largest absolute Gasteiger partial charge is 0.311 e. The van der Waals surface area contributed by atoms with Crippen LogP contribution in [-0.4, -0.2) is 48.1 Å². The van der Waals surface area contributed by atoms with Gasteiger partial charge in [-0.3, -0.25) is 4.90 Å². The van der Waals surface area contributed by atoms with Gasteiger partial charge in [-0.1, -0.05) is 33.6 Å². The summed E-state index contributed by atoms with van der Waals surface area (Å²) >= 11 is 2.12. The zero-order valence-corrected chi connectivity index (χ0v) is 13.4. The van der Waals surface area contributed by atoms with Gasteiger partial charge in [0.1, 0.15) is 0 Å². The van der Waals surface area contributed by atoms with E-state index in [9.17, 15) is 0 Å². The summed E-state index contributed by atoms with van der Waals surface area (Å²) in [5.41, 5.74) is 0.376. The summed E-state index contributed by atoms with van der Waals surface area (Å²) in [5.74, 6) is 0. The molecule has 18 heavy (non-hydrogen) atoms. The summed E-state index contributed by atoms with van der Waals surface area (Å²) in [6, 6.07) is 0.645. The number of nitrogens with zero attached hydrogens (tertiary/aromatic N) is 1. The SMILES string of the molecule is CSC1(CN2CCNC(C(C)(C)C)C2)CCCC1. The van der Waals surface area contributed by atoms with Crippen LogP contribution in [0.5, 0.6) is 0 Å². The molecule has 0 aromatic rings. The minimum atomic E-state index is 0.376. The van der Waals surface area contributed by atoms with Gasteiger partial charge in [0.25, 0.3) is 0 Å². The van der Waals surface area contributed by atoms with E-state index in [2.05, 4.69) is 49.0 Å². The van der Waals surface area contributed by atoms with Crippen LogP contribution in [0.2, 0.25) is 0 Å². The maximum atomic E-state index is 3.70. The third-order valence-electron chi connectivity index (χ3n) is 4.76. The molecule has 1 aliphatic heterocycles. The Labute approximate surface area is 117 Å². The molecule has 0 bridgehead atoms. The highest BCUT2D eigenvalue weighted by atomic mass is 32.2. The Balaban J connectivity index is 1.93. The first-order valence-corrected chi connectivity index (χ1v) is 8.69. The van der Waals surface area contributed by atoms with Gasteiger partial charge in [0.2, 0.25) is 0 Å². The van der Waals surface area contributed by atoms with Crippen molar-refractivity contribution in [1.29, 1.82) is 0 Å². The Bertz CT molecular complexity index is 266. The molecule has 2 fully saturated rings. The molecule has 2 aliphatic rings. The number of piperazine rings is 1. The summed E-state index contributed by atoms with van der Waals surface area (Å²) in [4.78, 5) is 2.72. The number of rotatable bonds is 3. The van der Waals surface area contributed by atoms with Gasteiger partial charge < -0.3 is 5.32 Å². The summed E-state index contributed by atoms with van der Waals surface area (Å²) < 4.78 is 0.569. The molecule has 2 rings (SSSR count). The molecule has 1 atom stereocenters. The van der Waals surface area contributed by atoms with Gasteiger partial charge in [-0.2, -0.15) is 11.8 Å². The molecule has 0 spiro atoms. The molecular formula is C15H30N2S. The molecule has 0 aromatic carbocycles. The van der Waals surface area contributed by atoms with E-state index in [1.165, 1.54) is 45.3 Å². The maximum Gasteiger partial charge on any atom is 0.0284 e. The van der Waals surface area contributed by atoms with E-state index in [0.29, 0.717) is 16.2 Å². The first kappa shape index (κ1) is 14.7. The Kier molecular flexibility index (Phi) is 4.66. The number of hydrogen-bond donors (Lipinski definition) is 1. The molecule has 1 heterocycles. The number of hydrogen-bond acceptors (Lipinski definition) is 3. The fraction of sp³-hybridized carbons (Fsp3) is 1.00. The van der Waals surface area contributed by atoms with E-state index < -0.39 is 0 Å². The standard InChI is InChI=1S/C15H30N2S/c1-14(2,3)13-11-17(10-9-16-13)12-15(18-4)7-5-6-8-15/h13,16H,5-12H2,1-4H3. The van der Waals surface area contributed by atoms with E-state index >= 15 is 0 Å². The Morgan fingerprint density at radius 1 is 1.28 bits per heavy atom. The highest BCUT2D eigenvalue weighted by molar-refractivity contribution is 8.00. The number of nitrogens with one attached hydrogen (secondary N) is 1. The van der Waals surface area contributed by atoms with Gasteiger partial charge >= 0.3 is 0 Å². The average Bonchev–Trinajstić information content (AvgIpc) is 2.77. The second kappa shape index (κ2) is 5.72. The lowest BCUT2D eigenvalue weighted by Crippen LogP contribution is -2.57. The summed E-state index contributed by atoms with van der Waals surface area (Å²) in [5, 5.41) is 3.70. The fourth-order valence-electron chi connectivity index (χ4n) is 3.39. The van der Waals surface area contributed by atoms with Gasteiger partial charge in [-0.25, -0.2) is 0 Å². The Morgan fingerprint density at radius 3 is 2.50 bits per heavy atom. The second-order valence-electron chi connectivity index (χ2n) is 7.20. The first-order valence-electron chi connectivity index (χ1n) is 7.46. The number of thioether (sulfide) groups is 1. The Morgan fingerprint density at radius 2 is 1.94 bits per heavy atom. The van der Waals surface area contributed by atoms with Crippen LogP contribution in [0, 0.1) is 5.41 Å². The fourth-order valence-corrected chi connectivity index (χ4v) is 4.40. The third-order valence-corrected chi connectivity index (χ3v) is 6.17. The van der Waals surface area contributed by atoms with Crippen LogP contribution in [0.25, 0.3) is 0 Å².